The second-order valence-corrected chi connectivity index (χ2v) is 5.81. The van der Waals surface area contributed by atoms with Gasteiger partial charge in [0, 0.05) is 32.2 Å². The number of nitrogens with one attached hydrogen (secondary N) is 1. The average Bonchev–Trinajstić information content (AvgIpc) is 2.92. The third-order valence-electron chi connectivity index (χ3n) is 4.54. The van der Waals surface area contributed by atoms with E-state index in [9.17, 15) is 4.39 Å². The van der Waals surface area contributed by atoms with Crippen molar-refractivity contribution in [2.24, 2.45) is 0 Å². The van der Waals surface area contributed by atoms with Gasteiger partial charge in [-0.25, -0.2) is 4.39 Å². The zero-order valence-corrected chi connectivity index (χ0v) is 12.2. The van der Waals surface area contributed by atoms with Crippen LogP contribution in [0, 0.1) is 5.82 Å². The lowest BCUT2D eigenvalue weighted by molar-refractivity contribution is 0.230. The minimum Gasteiger partial charge on any atom is -0.366 e. The molecule has 1 unspecified atom stereocenters. The fraction of sp³-hybridized carbons (Fsp3) is 0.625. The van der Waals surface area contributed by atoms with Crippen LogP contribution in [0.1, 0.15) is 25.3 Å². The molecule has 0 radical (unpaired) electrons. The van der Waals surface area contributed by atoms with Crippen molar-refractivity contribution in [1.82, 2.24) is 10.2 Å². The van der Waals surface area contributed by atoms with Crippen LogP contribution in [0.4, 0.5) is 10.1 Å². The van der Waals surface area contributed by atoms with Gasteiger partial charge in [0.1, 0.15) is 5.82 Å². The molecule has 1 N–H and O–H groups in total. The van der Waals surface area contributed by atoms with Gasteiger partial charge < -0.3 is 10.2 Å². The summed E-state index contributed by atoms with van der Waals surface area (Å²) >= 11 is 0. The van der Waals surface area contributed by atoms with E-state index in [1.807, 2.05) is 12.1 Å². The van der Waals surface area contributed by atoms with Crippen molar-refractivity contribution in [3.8, 4) is 0 Å². The molecule has 110 valence electrons. The molecule has 2 aliphatic rings. The van der Waals surface area contributed by atoms with Gasteiger partial charge in [-0.15, -0.1) is 0 Å². The number of halogens is 1. The van der Waals surface area contributed by atoms with Crippen LogP contribution in [0.3, 0.4) is 0 Å². The summed E-state index contributed by atoms with van der Waals surface area (Å²) in [5, 5.41) is 3.31. The summed E-state index contributed by atoms with van der Waals surface area (Å²) in [7, 11) is 0. The highest BCUT2D eigenvalue weighted by atomic mass is 19.1. The van der Waals surface area contributed by atoms with E-state index in [4.69, 9.17) is 0 Å². The molecular formula is C16H24FN3. The molecule has 0 aromatic heterocycles. The first-order valence-electron chi connectivity index (χ1n) is 7.76. The zero-order chi connectivity index (χ0) is 13.9. The summed E-state index contributed by atoms with van der Waals surface area (Å²) < 4.78 is 14.3. The fourth-order valence-electron chi connectivity index (χ4n) is 3.51. The smallest absolute Gasteiger partial charge is 0.146 e. The molecule has 3 rings (SSSR count). The normalized spacial score (nSPS) is 23.1. The van der Waals surface area contributed by atoms with Crippen molar-refractivity contribution >= 4 is 5.69 Å². The summed E-state index contributed by atoms with van der Waals surface area (Å²) in [5.74, 6) is -0.0770. The molecule has 2 saturated heterocycles. The van der Waals surface area contributed by atoms with Gasteiger partial charge in [0.15, 0.2) is 0 Å². The van der Waals surface area contributed by atoms with Crippen molar-refractivity contribution in [3.05, 3.63) is 29.6 Å². The highest BCUT2D eigenvalue weighted by Crippen LogP contribution is 2.29. The fourth-order valence-corrected chi connectivity index (χ4v) is 3.51. The Kier molecular flexibility index (Phi) is 4.22. The predicted octanol–water partition coefficient (Wildman–Crippen LogP) is 2.22. The van der Waals surface area contributed by atoms with Gasteiger partial charge >= 0.3 is 0 Å². The Bertz CT molecular complexity index is 463. The Morgan fingerprint density at radius 1 is 1.30 bits per heavy atom. The van der Waals surface area contributed by atoms with Crippen LogP contribution in [0.25, 0.3) is 0 Å². The van der Waals surface area contributed by atoms with Crippen molar-refractivity contribution in [2.75, 3.05) is 37.6 Å². The van der Waals surface area contributed by atoms with Crippen molar-refractivity contribution in [2.45, 2.75) is 32.4 Å². The first kappa shape index (κ1) is 13.8. The van der Waals surface area contributed by atoms with Crippen LogP contribution in [0.2, 0.25) is 0 Å². The lowest BCUT2D eigenvalue weighted by atomic mass is 10.1. The molecule has 0 aliphatic carbocycles. The number of hydrogen-bond acceptors (Lipinski definition) is 3. The van der Waals surface area contributed by atoms with Gasteiger partial charge in [-0.2, -0.15) is 0 Å². The summed E-state index contributed by atoms with van der Waals surface area (Å²) in [6, 6.07) is 6.07. The van der Waals surface area contributed by atoms with Crippen molar-refractivity contribution in [1.29, 1.82) is 0 Å². The highest BCUT2D eigenvalue weighted by molar-refractivity contribution is 5.55. The second kappa shape index (κ2) is 6.10. The minimum absolute atomic E-state index is 0.0770. The summed E-state index contributed by atoms with van der Waals surface area (Å²) in [4.78, 5) is 4.82. The molecule has 2 fully saturated rings. The predicted molar refractivity (Wildman–Crippen MR) is 80.6 cm³/mol. The van der Waals surface area contributed by atoms with E-state index in [2.05, 4.69) is 22.0 Å². The Hall–Kier alpha value is -1.13. The van der Waals surface area contributed by atoms with Crippen molar-refractivity contribution in [3.63, 3.8) is 0 Å². The van der Waals surface area contributed by atoms with Crippen LogP contribution in [0.15, 0.2) is 18.2 Å². The maximum Gasteiger partial charge on any atom is 0.146 e. The van der Waals surface area contributed by atoms with E-state index in [0.29, 0.717) is 6.04 Å². The molecule has 0 amide bonds. The topological polar surface area (TPSA) is 18.5 Å². The third-order valence-corrected chi connectivity index (χ3v) is 4.54. The molecule has 20 heavy (non-hydrogen) atoms. The molecule has 0 bridgehead atoms. The second-order valence-electron chi connectivity index (χ2n) is 5.81. The van der Waals surface area contributed by atoms with Crippen LogP contribution in [-0.2, 0) is 6.54 Å². The number of anilines is 1. The van der Waals surface area contributed by atoms with Crippen LogP contribution < -0.4 is 10.2 Å². The molecule has 1 aromatic rings. The Morgan fingerprint density at radius 3 is 3.05 bits per heavy atom. The van der Waals surface area contributed by atoms with E-state index in [-0.39, 0.29) is 5.82 Å². The molecule has 0 spiro atoms. The molecular weight excluding hydrogens is 253 g/mol. The van der Waals surface area contributed by atoms with Gasteiger partial charge in [0.2, 0.25) is 0 Å². The lowest BCUT2D eigenvalue weighted by Gasteiger charge is -2.39. The van der Waals surface area contributed by atoms with Gasteiger partial charge in [-0.3, -0.25) is 4.90 Å². The lowest BCUT2D eigenvalue weighted by Crippen LogP contribution is -2.50. The molecule has 2 aliphatic heterocycles. The number of rotatable bonds is 4. The van der Waals surface area contributed by atoms with E-state index in [1.165, 1.54) is 19.4 Å². The van der Waals surface area contributed by atoms with Crippen LogP contribution >= 0.6 is 0 Å². The first-order valence-corrected chi connectivity index (χ1v) is 7.76. The number of piperazine rings is 1. The molecule has 1 atom stereocenters. The first-order chi connectivity index (χ1) is 9.79. The number of nitrogens with zero attached hydrogens (tertiary/aromatic N) is 2. The number of benzene rings is 1. The number of fused-ring (bicyclic) bond motifs is 1. The summed E-state index contributed by atoms with van der Waals surface area (Å²) in [5.41, 5.74) is 1.90. The maximum atomic E-state index is 14.3. The zero-order valence-electron chi connectivity index (χ0n) is 12.2. The average molecular weight is 277 g/mol. The molecule has 4 heteroatoms. The van der Waals surface area contributed by atoms with E-state index < -0.39 is 0 Å². The Morgan fingerprint density at radius 2 is 2.20 bits per heavy atom. The quantitative estimate of drug-likeness (QED) is 0.910. The Labute approximate surface area is 120 Å². The number of hydrogen-bond donors (Lipinski definition) is 1. The van der Waals surface area contributed by atoms with Crippen LogP contribution in [0.5, 0.6) is 0 Å². The number of para-hydroxylation sites is 1. The molecule has 1 aromatic carbocycles. The molecule has 2 heterocycles. The SMILES string of the molecule is CCNCc1cccc(F)c1N1CCN2CCCC2C1. The largest absolute Gasteiger partial charge is 0.366 e. The summed E-state index contributed by atoms with van der Waals surface area (Å²) in [6.07, 6.45) is 2.55. The monoisotopic (exact) mass is 277 g/mol. The van der Waals surface area contributed by atoms with Crippen molar-refractivity contribution < 1.29 is 4.39 Å². The maximum absolute atomic E-state index is 14.3. The Balaban J connectivity index is 1.81. The summed E-state index contributed by atoms with van der Waals surface area (Å²) in [6.45, 7) is 7.94. The van der Waals surface area contributed by atoms with Gasteiger partial charge in [0.25, 0.3) is 0 Å². The van der Waals surface area contributed by atoms with Crippen LogP contribution in [-0.4, -0.2) is 43.7 Å². The molecule has 0 saturated carbocycles. The van der Waals surface area contributed by atoms with Gasteiger partial charge in [-0.05, 0) is 37.6 Å². The van der Waals surface area contributed by atoms with E-state index >= 15 is 0 Å². The third kappa shape index (κ3) is 2.67. The standard InChI is InChI=1S/C16H24FN3/c1-2-18-11-13-5-3-7-15(17)16(13)20-10-9-19-8-4-6-14(19)12-20/h3,5,7,14,18H,2,4,6,8-12H2,1H3. The highest BCUT2D eigenvalue weighted by Gasteiger charge is 2.32. The molecule has 3 nitrogen and oxygen atoms in total. The van der Waals surface area contributed by atoms with E-state index in [0.717, 1.165) is 44.0 Å². The van der Waals surface area contributed by atoms with Gasteiger partial charge in [-0.1, -0.05) is 19.1 Å². The van der Waals surface area contributed by atoms with Gasteiger partial charge in [0.05, 0.1) is 5.69 Å². The minimum atomic E-state index is -0.0770. The van der Waals surface area contributed by atoms with E-state index in [1.54, 1.807) is 6.07 Å².